The smallest absolute Gasteiger partial charge is 0.238 e. The molecule has 0 bridgehead atoms. The molecule has 2 heterocycles. The maximum Gasteiger partial charge on any atom is 0.238 e. The molecule has 0 saturated carbocycles. The molecule has 0 aliphatic carbocycles. The van der Waals surface area contributed by atoms with Crippen LogP contribution in [-0.4, -0.2) is 49.6 Å². The van der Waals surface area contributed by atoms with Crippen molar-refractivity contribution >= 4 is 79.4 Å². The molecule has 0 saturated heterocycles. The molecule has 0 fully saturated rings. The predicted octanol–water partition coefficient (Wildman–Crippen LogP) is 12.0. The summed E-state index contributed by atoms with van der Waals surface area (Å²) in [5.74, 6) is 2.63. The van der Waals surface area contributed by atoms with Crippen LogP contribution in [0.4, 0.5) is 0 Å². The second-order valence-corrected chi connectivity index (χ2v) is 18.8. The third-order valence-corrected chi connectivity index (χ3v) is 12.8. The lowest BCUT2D eigenvalue weighted by Crippen LogP contribution is -2.31. The molecule has 62 heavy (non-hydrogen) atoms. The van der Waals surface area contributed by atoms with Gasteiger partial charge in [-0.15, -0.1) is 23.2 Å². The molecular weight excluding hydrogens is 943 g/mol. The second kappa shape index (κ2) is 20.5. The number of hydrogen-bond donors (Lipinski definition) is 0. The molecule has 0 aliphatic rings. The van der Waals surface area contributed by atoms with E-state index < -0.39 is 20.7 Å². The zero-order valence-corrected chi connectivity index (χ0v) is 38.9. The monoisotopic (exact) mass is 979 g/mol. The van der Waals surface area contributed by atoms with Crippen LogP contribution in [-0.2, 0) is 33.9 Å². The van der Waals surface area contributed by atoms with Crippen molar-refractivity contribution in [2.24, 2.45) is 0 Å². The fourth-order valence-electron chi connectivity index (χ4n) is 6.85. The molecule has 6 rings (SSSR count). The summed E-state index contributed by atoms with van der Waals surface area (Å²) in [7, 11) is -3.56. The van der Waals surface area contributed by atoms with E-state index in [-0.39, 0.29) is 54.9 Å². The molecule has 0 aliphatic heterocycles. The van der Waals surface area contributed by atoms with E-state index in [0.29, 0.717) is 61.7 Å². The van der Waals surface area contributed by atoms with Crippen molar-refractivity contribution in [2.45, 2.75) is 55.8 Å². The Kier molecular flexibility index (Phi) is 15.6. The van der Waals surface area contributed by atoms with Crippen LogP contribution in [0.25, 0.3) is 0 Å². The summed E-state index contributed by atoms with van der Waals surface area (Å²) in [4.78, 5) is 7.93. The number of aromatic nitrogens is 2. The first-order valence-corrected chi connectivity index (χ1v) is 23.4. The molecule has 2 unspecified atom stereocenters. The summed E-state index contributed by atoms with van der Waals surface area (Å²) in [6.45, 7) is 4.56. The number of sulfone groups is 1. The van der Waals surface area contributed by atoms with Gasteiger partial charge in [-0.2, -0.15) is 5.26 Å². The third kappa shape index (κ3) is 10.9. The largest absolute Gasteiger partial charge is 0.489 e. The molecule has 4 aromatic carbocycles. The third-order valence-electron chi connectivity index (χ3n) is 10.4. The van der Waals surface area contributed by atoms with Crippen LogP contribution in [0.5, 0.6) is 23.0 Å². The quantitative estimate of drug-likeness (QED) is 0.0673. The number of alkyl halides is 2. The van der Waals surface area contributed by atoms with E-state index in [0.717, 1.165) is 34.7 Å². The molecule has 2 atom stereocenters. The van der Waals surface area contributed by atoms with Gasteiger partial charge in [-0.25, -0.2) is 18.4 Å². The van der Waals surface area contributed by atoms with E-state index in [1.807, 2.05) is 78.9 Å². The minimum Gasteiger partial charge on any atom is -0.489 e. The maximum absolute atomic E-state index is 11.9. The number of halogens is 6. The van der Waals surface area contributed by atoms with E-state index in [4.69, 9.17) is 97.4 Å². The zero-order chi connectivity index (χ0) is 44.7. The van der Waals surface area contributed by atoms with Gasteiger partial charge < -0.3 is 27.8 Å². The first-order chi connectivity index (χ1) is 29.6. The van der Waals surface area contributed by atoms with Crippen LogP contribution < -0.4 is 18.9 Å². The topological polar surface area (TPSA) is 147 Å². The summed E-state index contributed by atoms with van der Waals surface area (Å²) in [5, 5.41) is 10.4. The summed E-state index contributed by atoms with van der Waals surface area (Å²) in [5.41, 5.74) is 2.11. The van der Waals surface area contributed by atoms with Crippen LogP contribution in [0.3, 0.4) is 0 Å². The van der Waals surface area contributed by atoms with Crippen molar-refractivity contribution in [1.82, 2.24) is 9.97 Å². The molecule has 6 aromatic rings. The van der Waals surface area contributed by atoms with E-state index in [9.17, 15) is 13.7 Å². The predicted molar refractivity (Wildman–Crippen MR) is 240 cm³/mol. The molecule has 2 aromatic heterocycles. The zero-order valence-electron chi connectivity index (χ0n) is 33.5. The second-order valence-electron chi connectivity index (χ2n) is 14.5. The molecule has 326 valence electrons. The summed E-state index contributed by atoms with van der Waals surface area (Å²) in [6.07, 6.45) is 4.43. The summed E-state index contributed by atoms with van der Waals surface area (Å²) in [6, 6.07) is 24.5. The number of hydrogen-bond acceptors (Lipinski definition) is 11. The Morgan fingerprint density at radius 2 is 1.13 bits per heavy atom. The Hall–Kier alpha value is -4.32. The Bertz CT molecular complexity index is 2610. The van der Waals surface area contributed by atoms with Crippen LogP contribution in [0.15, 0.2) is 99.3 Å². The molecule has 0 N–H and O–H groups in total. The maximum atomic E-state index is 11.9. The van der Waals surface area contributed by atoms with Gasteiger partial charge in [0.15, 0.2) is 36.0 Å². The lowest BCUT2D eigenvalue weighted by molar-refractivity contribution is 0.251. The van der Waals surface area contributed by atoms with E-state index in [1.165, 1.54) is 6.39 Å². The van der Waals surface area contributed by atoms with Crippen LogP contribution >= 0.6 is 69.6 Å². The standard InChI is InChI=1S/C44H39Cl6N3O8S/c1-43(29-18-33(47)41(34(48)19-29)56-16-14-45,27-4-8-31(9-5-27)58-24-38-37(22-51)53-26-60-38)12-13-44(2,30-20-35(49)42(36(50)21-30)57-17-15-46)28-6-10-32(11-7-28)59-25-39-52-23-40(61-39)62(3,54)55/h4-11,18-21,23,26H,12-17,24-25H2,1-3H3. The van der Waals surface area contributed by atoms with Gasteiger partial charge >= 0.3 is 0 Å². The van der Waals surface area contributed by atoms with Gasteiger partial charge in [-0.3, -0.25) is 0 Å². The van der Waals surface area contributed by atoms with Crippen molar-refractivity contribution < 1.29 is 36.2 Å². The number of rotatable bonds is 20. The molecule has 0 spiro atoms. The van der Waals surface area contributed by atoms with Gasteiger partial charge in [-0.1, -0.05) is 84.5 Å². The van der Waals surface area contributed by atoms with Gasteiger partial charge in [0.25, 0.3) is 0 Å². The van der Waals surface area contributed by atoms with Gasteiger partial charge in [0.2, 0.25) is 20.8 Å². The number of nitrogens with zero attached hydrogens (tertiary/aromatic N) is 3. The van der Waals surface area contributed by atoms with Crippen molar-refractivity contribution in [3.05, 3.63) is 145 Å². The number of benzene rings is 4. The Morgan fingerprint density at radius 1 is 0.677 bits per heavy atom. The molecule has 0 radical (unpaired) electrons. The Balaban J connectivity index is 1.38. The average Bonchev–Trinajstić information content (AvgIpc) is 3.94. The average molecular weight is 983 g/mol. The Morgan fingerprint density at radius 3 is 1.53 bits per heavy atom. The van der Waals surface area contributed by atoms with E-state index in [2.05, 4.69) is 23.8 Å². The highest BCUT2D eigenvalue weighted by Gasteiger charge is 2.37. The molecular formula is C44H39Cl6N3O8S. The highest BCUT2D eigenvalue weighted by molar-refractivity contribution is 7.90. The lowest BCUT2D eigenvalue weighted by Gasteiger charge is -2.38. The van der Waals surface area contributed by atoms with Gasteiger partial charge in [-0.05, 0) is 83.6 Å². The van der Waals surface area contributed by atoms with Crippen molar-refractivity contribution in [2.75, 3.05) is 31.2 Å². The minimum atomic E-state index is -3.56. The van der Waals surface area contributed by atoms with Crippen molar-refractivity contribution in [3.8, 4) is 29.1 Å². The van der Waals surface area contributed by atoms with Crippen LogP contribution in [0.2, 0.25) is 20.1 Å². The SMILES string of the molecule is CC(CCC(C)(c1ccc(OCc2ocnc2C#N)cc1)c1cc(Cl)c(OCCCl)c(Cl)c1)(c1ccc(OCc2ncc(S(C)(=O)=O)o2)cc1)c1cc(Cl)c(OCCCl)c(Cl)c1. The van der Waals surface area contributed by atoms with E-state index >= 15 is 0 Å². The van der Waals surface area contributed by atoms with Gasteiger partial charge in [0.05, 0.1) is 38.0 Å². The normalized spacial score (nSPS) is 13.5. The van der Waals surface area contributed by atoms with Crippen molar-refractivity contribution in [1.29, 1.82) is 5.26 Å². The first-order valence-electron chi connectivity index (χ1n) is 18.9. The van der Waals surface area contributed by atoms with Crippen molar-refractivity contribution in [3.63, 3.8) is 0 Å². The van der Waals surface area contributed by atoms with Crippen LogP contribution in [0.1, 0.15) is 66.3 Å². The Labute approximate surface area is 389 Å². The molecule has 11 nitrogen and oxygen atoms in total. The number of nitriles is 1. The first kappa shape index (κ1) is 47.2. The van der Waals surface area contributed by atoms with Crippen LogP contribution in [0, 0.1) is 11.3 Å². The summed E-state index contributed by atoms with van der Waals surface area (Å²) >= 11 is 39.3. The highest BCUT2D eigenvalue weighted by atomic mass is 35.5. The fraction of sp³-hybridized carbons (Fsp3) is 0.295. The number of ether oxygens (including phenoxy) is 4. The summed E-state index contributed by atoms with van der Waals surface area (Å²) < 4.78 is 58.0. The molecule has 18 heteroatoms. The fourth-order valence-corrected chi connectivity index (χ4v) is 8.69. The lowest BCUT2D eigenvalue weighted by atomic mass is 9.66. The highest BCUT2D eigenvalue weighted by Crippen LogP contribution is 2.48. The molecule has 0 amide bonds. The van der Waals surface area contributed by atoms with Gasteiger partial charge in [0.1, 0.15) is 37.4 Å². The number of oxazole rings is 2. The van der Waals surface area contributed by atoms with Gasteiger partial charge in [0, 0.05) is 17.1 Å². The minimum absolute atomic E-state index is 0.0152. The van der Waals surface area contributed by atoms with E-state index in [1.54, 1.807) is 0 Å².